The van der Waals surface area contributed by atoms with Gasteiger partial charge in [0.2, 0.25) is 0 Å². The molecule has 6 heteroatoms. The van der Waals surface area contributed by atoms with Crippen molar-refractivity contribution in [2.24, 2.45) is 0 Å². The molecule has 1 atom stereocenters. The predicted molar refractivity (Wildman–Crippen MR) is 103 cm³/mol. The standard InChI is InChI=1S/C20H25O5P/c1-2-24-15-16-25-14-13-19(20(21)22)26(23,17-9-5-3-6-10-17)18-11-7-4-8-12-18/h3-12,19H,2,13-16H2,1H3,(H,21,22)/t19-/m0/s1. The van der Waals surface area contributed by atoms with Crippen LogP contribution in [-0.2, 0) is 18.8 Å². The fourth-order valence-corrected chi connectivity index (χ4v) is 5.86. The van der Waals surface area contributed by atoms with Crippen LogP contribution in [0.4, 0.5) is 0 Å². The summed E-state index contributed by atoms with van der Waals surface area (Å²) in [6.45, 7) is 3.58. The number of hydrogen-bond donors (Lipinski definition) is 1. The van der Waals surface area contributed by atoms with Gasteiger partial charge in [0, 0.05) is 23.8 Å². The van der Waals surface area contributed by atoms with E-state index in [2.05, 4.69) is 0 Å². The van der Waals surface area contributed by atoms with E-state index in [-0.39, 0.29) is 13.0 Å². The van der Waals surface area contributed by atoms with E-state index in [1.807, 2.05) is 19.1 Å². The number of aliphatic carboxylic acids is 1. The molecule has 0 aliphatic rings. The summed E-state index contributed by atoms with van der Waals surface area (Å²) in [6, 6.07) is 17.7. The fourth-order valence-electron chi connectivity index (χ4n) is 2.83. The van der Waals surface area contributed by atoms with Crippen molar-refractivity contribution in [3.05, 3.63) is 60.7 Å². The molecule has 0 fully saturated rings. The maximum absolute atomic E-state index is 14.1. The summed E-state index contributed by atoms with van der Waals surface area (Å²) in [5.74, 6) is -1.07. The van der Waals surface area contributed by atoms with E-state index in [1.54, 1.807) is 48.5 Å². The van der Waals surface area contributed by atoms with Gasteiger partial charge in [-0.2, -0.15) is 0 Å². The Hall–Kier alpha value is -1.94. The van der Waals surface area contributed by atoms with E-state index in [1.165, 1.54) is 0 Å². The molecule has 0 unspecified atom stereocenters. The smallest absolute Gasteiger partial charge is 0.314 e. The Morgan fingerprint density at radius 1 is 0.923 bits per heavy atom. The summed E-state index contributed by atoms with van der Waals surface area (Å²) in [4.78, 5) is 12.0. The minimum atomic E-state index is -3.36. The molecule has 0 aromatic heterocycles. The third-order valence-corrected chi connectivity index (χ3v) is 7.60. The van der Waals surface area contributed by atoms with Gasteiger partial charge in [-0.1, -0.05) is 60.7 Å². The van der Waals surface area contributed by atoms with Gasteiger partial charge in [-0.25, -0.2) is 0 Å². The Balaban J connectivity index is 2.27. The average Bonchev–Trinajstić information content (AvgIpc) is 2.68. The lowest BCUT2D eigenvalue weighted by molar-refractivity contribution is -0.137. The SMILES string of the molecule is CCOCCOCC[C@@H](C(=O)O)P(=O)(c1ccccc1)c1ccccc1. The first kappa shape index (κ1) is 20.4. The number of hydrogen-bond acceptors (Lipinski definition) is 4. The highest BCUT2D eigenvalue weighted by atomic mass is 31.2. The van der Waals surface area contributed by atoms with Crippen LogP contribution in [0.15, 0.2) is 60.7 Å². The van der Waals surface area contributed by atoms with Crippen LogP contribution in [-0.4, -0.2) is 43.2 Å². The molecule has 140 valence electrons. The molecule has 0 saturated carbocycles. The summed E-state index contributed by atoms with van der Waals surface area (Å²) in [6.07, 6.45) is 0.169. The molecule has 5 nitrogen and oxygen atoms in total. The lowest BCUT2D eigenvalue weighted by Gasteiger charge is -2.26. The predicted octanol–water partition coefficient (Wildman–Crippen LogP) is 2.90. The highest BCUT2D eigenvalue weighted by Gasteiger charge is 2.41. The number of carboxylic acid groups (broad SMARTS) is 1. The highest BCUT2D eigenvalue weighted by Crippen LogP contribution is 2.50. The lowest BCUT2D eigenvalue weighted by Crippen LogP contribution is -2.32. The Morgan fingerprint density at radius 2 is 1.42 bits per heavy atom. The molecule has 0 amide bonds. The van der Waals surface area contributed by atoms with E-state index in [4.69, 9.17) is 9.47 Å². The molecule has 0 heterocycles. The van der Waals surface area contributed by atoms with Crippen molar-refractivity contribution in [3.8, 4) is 0 Å². The molecule has 0 spiro atoms. The normalized spacial score (nSPS) is 12.7. The van der Waals surface area contributed by atoms with Crippen molar-refractivity contribution in [3.63, 3.8) is 0 Å². The van der Waals surface area contributed by atoms with Gasteiger partial charge in [0.25, 0.3) is 0 Å². The van der Waals surface area contributed by atoms with Crippen LogP contribution in [0.5, 0.6) is 0 Å². The van der Waals surface area contributed by atoms with Gasteiger partial charge in [0.15, 0.2) is 7.14 Å². The molecule has 0 saturated heterocycles. The molecule has 0 bridgehead atoms. The Kier molecular flexibility index (Phi) is 8.05. The van der Waals surface area contributed by atoms with Crippen LogP contribution < -0.4 is 10.6 Å². The quantitative estimate of drug-likeness (QED) is 0.482. The van der Waals surface area contributed by atoms with Gasteiger partial charge < -0.3 is 19.1 Å². The fraction of sp³-hybridized carbons (Fsp3) is 0.350. The van der Waals surface area contributed by atoms with Crippen molar-refractivity contribution in [2.75, 3.05) is 26.4 Å². The summed E-state index contributed by atoms with van der Waals surface area (Å²) in [5, 5.41) is 10.9. The van der Waals surface area contributed by atoms with Crippen LogP contribution in [0.2, 0.25) is 0 Å². The van der Waals surface area contributed by atoms with Crippen LogP contribution >= 0.6 is 7.14 Å². The van der Waals surface area contributed by atoms with E-state index in [0.29, 0.717) is 30.4 Å². The molecular weight excluding hydrogens is 351 g/mol. The molecule has 2 aromatic rings. The summed E-state index contributed by atoms with van der Waals surface area (Å²) in [5.41, 5.74) is -1.04. The maximum Gasteiger partial charge on any atom is 0.314 e. The van der Waals surface area contributed by atoms with E-state index >= 15 is 0 Å². The highest BCUT2D eigenvalue weighted by molar-refractivity contribution is 7.80. The van der Waals surface area contributed by atoms with E-state index < -0.39 is 18.8 Å². The van der Waals surface area contributed by atoms with Crippen molar-refractivity contribution >= 4 is 23.7 Å². The van der Waals surface area contributed by atoms with Crippen molar-refractivity contribution < 1.29 is 23.9 Å². The van der Waals surface area contributed by atoms with Crippen LogP contribution in [0.1, 0.15) is 13.3 Å². The summed E-state index contributed by atoms with van der Waals surface area (Å²) < 4.78 is 24.7. The van der Waals surface area contributed by atoms with Crippen LogP contribution in [0, 0.1) is 0 Å². The number of carboxylic acids is 1. The number of rotatable bonds is 11. The molecule has 26 heavy (non-hydrogen) atoms. The second-order valence-corrected chi connectivity index (χ2v) is 8.75. The molecule has 2 aromatic carbocycles. The van der Waals surface area contributed by atoms with Gasteiger partial charge in [-0.15, -0.1) is 0 Å². The third-order valence-electron chi connectivity index (χ3n) is 4.12. The zero-order valence-electron chi connectivity index (χ0n) is 14.9. The zero-order chi connectivity index (χ0) is 18.8. The first-order chi connectivity index (χ1) is 12.6. The number of carbonyl (C=O) groups is 1. The molecule has 0 aliphatic carbocycles. The second-order valence-electron chi connectivity index (χ2n) is 5.78. The van der Waals surface area contributed by atoms with Crippen LogP contribution in [0.25, 0.3) is 0 Å². The van der Waals surface area contributed by atoms with E-state index in [0.717, 1.165) is 0 Å². The van der Waals surface area contributed by atoms with Crippen LogP contribution in [0.3, 0.4) is 0 Å². The van der Waals surface area contributed by atoms with Gasteiger partial charge in [0.05, 0.1) is 13.2 Å². The van der Waals surface area contributed by atoms with E-state index in [9.17, 15) is 14.5 Å². The monoisotopic (exact) mass is 376 g/mol. The molecule has 1 N–H and O–H groups in total. The molecule has 0 radical (unpaired) electrons. The minimum absolute atomic E-state index is 0.169. The largest absolute Gasteiger partial charge is 0.481 e. The van der Waals surface area contributed by atoms with Gasteiger partial charge in [-0.05, 0) is 13.3 Å². The Morgan fingerprint density at radius 3 is 1.88 bits per heavy atom. The van der Waals surface area contributed by atoms with Gasteiger partial charge >= 0.3 is 5.97 Å². The Bertz CT molecular complexity index is 674. The summed E-state index contributed by atoms with van der Waals surface area (Å²) in [7, 11) is -3.36. The zero-order valence-corrected chi connectivity index (χ0v) is 15.8. The third kappa shape index (κ3) is 5.04. The lowest BCUT2D eigenvalue weighted by atomic mass is 10.3. The average molecular weight is 376 g/mol. The Labute approximate surface area is 154 Å². The van der Waals surface area contributed by atoms with Crippen molar-refractivity contribution in [1.29, 1.82) is 0 Å². The molecule has 2 rings (SSSR count). The van der Waals surface area contributed by atoms with Crippen molar-refractivity contribution in [2.45, 2.75) is 19.0 Å². The van der Waals surface area contributed by atoms with Gasteiger partial charge in [0.1, 0.15) is 5.66 Å². The van der Waals surface area contributed by atoms with Crippen molar-refractivity contribution in [1.82, 2.24) is 0 Å². The number of benzene rings is 2. The minimum Gasteiger partial charge on any atom is -0.481 e. The topological polar surface area (TPSA) is 72.8 Å². The first-order valence-corrected chi connectivity index (χ1v) is 10.5. The molecular formula is C20H25O5P. The van der Waals surface area contributed by atoms with Gasteiger partial charge in [-0.3, -0.25) is 4.79 Å². The first-order valence-electron chi connectivity index (χ1n) is 8.70. The number of ether oxygens (including phenoxy) is 2. The second kappa shape index (κ2) is 10.3. The maximum atomic E-state index is 14.1. The molecule has 0 aliphatic heterocycles. The summed E-state index contributed by atoms with van der Waals surface area (Å²) >= 11 is 0.